The van der Waals surface area contributed by atoms with Crippen LogP contribution in [0.25, 0.3) is 0 Å². The largest absolute Gasteiger partial charge is 0.372 e. The fourth-order valence-corrected chi connectivity index (χ4v) is 2.43. The lowest BCUT2D eigenvalue weighted by Gasteiger charge is -2.20. The Kier molecular flexibility index (Phi) is 6.53. The minimum atomic E-state index is -0.230. The number of hydrogen-bond donors (Lipinski definition) is 1. The van der Waals surface area contributed by atoms with Crippen molar-refractivity contribution in [1.29, 1.82) is 0 Å². The van der Waals surface area contributed by atoms with Crippen LogP contribution in [0.1, 0.15) is 30.9 Å². The summed E-state index contributed by atoms with van der Waals surface area (Å²) in [6, 6.07) is 11.6. The SMILES string of the molecule is CCCCN(C)c1cc(CNCc2ccc(F)cc2)ccc1F. The van der Waals surface area contributed by atoms with Crippen molar-refractivity contribution in [2.24, 2.45) is 0 Å². The van der Waals surface area contributed by atoms with Gasteiger partial charge in [-0.15, -0.1) is 0 Å². The summed E-state index contributed by atoms with van der Waals surface area (Å²) in [5.41, 5.74) is 2.69. The lowest BCUT2D eigenvalue weighted by atomic mass is 10.1. The van der Waals surface area contributed by atoms with E-state index in [1.807, 2.05) is 18.0 Å². The van der Waals surface area contributed by atoms with Gasteiger partial charge >= 0.3 is 0 Å². The van der Waals surface area contributed by atoms with Gasteiger partial charge in [0.15, 0.2) is 0 Å². The third kappa shape index (κ3) is 5.32. The summed E-state index contributed by atoms with van der Waals surface area (Å²) in [5, 5.41) is 3.30. The molecule has 4 heteroatoms. The third-order valence-corrected chi connectivity index (χ3v) is 3.84. The van der Waals surface area contributed by atoms with Crippen molar-refractivity contribution < 1.29 is 8.78 Å². The summed E-state index contributed by atoms with van der Waals surface area (Å²) in [7, 11) is 1.92. The van der Waals surface area contributed by atoms with Gasteiger partial charge in [-0.3, -0.25) is 0 Å². The molecular weight excluding hydrogens is 294 g/mol. The number of rotatable bonds is 8. The van der Waals surface area contributed by atoms with Crippen molar-refractivity contribution in [2.75, 3.05) is 18.5 Å². The van der Waals surface area contributed by atoms with E-state index in [0.717, 1.165) is 30.5 Å². The zero-order chi connectivity index (χ0) is 16.7. The molecule has 0 aliphatic carbocycles. The molecule has 0 aromatic heterocycles. The standard InChI is InChI=1S/C19H24F2N2/c1-3-4-11-23(2)19-12-16(7-10-18(19)21)14-22-13-15-5-8-17(20)9-6-15/h5-10,12,22H,3-4,11,13-14H2,1-2H3. The van der Waals surface area contributed by atoms with Crippen LogP contribution in [-0.4, -0.2) is 13.6 Å². The molecule has 2 nitrogen and oxygen atoms in total. The molecule has 124 valence electrons. The van der Waals surface area contributed by atoms with Crippen molar-refractivity contribution in [2.45, 2.75) is 32.9 Å². The van der Waals surface area contributed by atoms with E-state index in [9.17, 15) is 8.78 Å². The molecule has 0 spiro atoms. The number of hydrogen-bond acceptors (Lipinski definition) is 2. The zero-order valence-electron chi connectivity index (χ0n) is 13.8. The molecule has 0 aliphatic heterocycles. The average molecular weight is 318 g/mol. The highest BCUT2D eigenvalue weighted by Gasteiger charge is 2.08. The van der Waals surface area contributed by atoms with E-state index in [0.29, 0.717) is 18.8 Å². The van der Waals surface area contributed by atoms with E-state index in [4.69, 9.17) is 0 Å². The first-order valence-electron chi connectivity index (χ1n) is 8.05. The molecule has 0 atom stereocenters. The normalized spacial score (nSPS) is 10.8. The van der Waals surface area contributed by atoms with Crippen molar-refractivity contribution in [3.05, 3.63) is 65.2 Å². The number of benzene rings is 2. The molecular formula is C19H24F2N2. The van der Waals surface area contributed by atoms with E-state index < -0.39 is 0 Å². The Balaban J connectivity index is 1.93. The maximum absolute atomic E-state index is 14.0. The maximum atomic E-state index is 14.0. The summed E-state index contributed by atoms with van der Waals surface area (Å²) in [6.45, 7) is 4.27. The molecule has 2 rings (SSSR count). The fourth-order valence-electron chi connectivity index (χ4n) is 2.43. The van der Waals surface area contributed by atoms with Crippen LogP contribution in [-0.2, 0) is 13.1 Å². The van der Waals surface area contributed by atoms with Crippen LogP contribution in [0.3, 0.4) is 0 Å². The van der Waals surface area contributed by atoms with E-state index in [1.165, 1.54) is 18.2 Å². The van der Waals surface area contributed by atoms with Crippen molar-refractivity contribution in [3.8, 4) is 0 Å². The molecule has 0 heterocycles. The van der Waals surface area contributed by atoms with Crippen molar-refractivity contribution in [1.82, 2.24) is 5.32 Å². The highest BCUT2D eigenvalue weighted by atomic mass is 19.1. The van der Waals surface area contributed by atoms with Crippen molar-refractivity contribution in [3.63, 3.8) is 0 Å². The molecule has 0 fully saturated rings. The first-order chi connectivity index (χ1) is 11.1. The first kappa shape index (κ1) is 17.4. The highest BCUT2D eigenvalue weighted by Crippen LogP contribution is 2.20. The van der Waals surface area contributed by atoms with Gasteiger partial charge in [0.05, 0.1) is 5.69 Å². The topological polar surface area (TPSA) is 15.3 Å². The number of halogens is 2. The predicted molar refractivity (Wildman–Crippen MR) is 91.5 cm³/mol. The predicted octanol–water partition coefficient (Wildman–Crippen LogP) is 4.49. The van der Waals surface area contributed by atoms with E-state index in [2.05, 4.69) is 12.2 Å². The van der Waals surface area contributed by atoms with E-state index >= 15 is 0 Å². The van der Waals surface area contributed by atoms with Crippen LogP contribution in [0.2, 0.25) is 0 Å². The van der Waals surface area contributed by atoms with Gasteiger partial charge in [-0.05, 0) is 41.8 Å². The van der Waals surface area contributed by atoms with Crippen molar-refractivity contribution >= 4 is 5.69 Å². The Labute approximate surface area is 137 Å². The lowest BCUT2D eigenvalue weighted by molar-refractivity contribution is 0.616. The molecule has 0 unspecified atom stereocenters. The quantitative estimate of drug-likeness (QED) is 0.771. The van der Waals surface area contributed by atoms with E-state index in [-0.39, 0.29) is 11.6 Å². The van der Waals surface area contributed by atoms with Gasteiger partial charge in [-0.2, -0.15) is 0 Å². The Morgan fingerprint density at radius 3 is 2.30 bits per heavy atom. The Bertz CT molecular complexity index is 611. The van der Waals surface area contributed by atoms with Crippen LogP contribution in [0.5, 0.6) is 0 Å². The molecule has 0 radical (unpaired) electrons. The van der Waals surface area contributed by atoms with Crippen LogP contribution in [0.15, 0.2) is 42.5 Å². The van der Waals surface area contributed by atoms with Gasteiger partial charge in [0.1, 0.15) is 11.6 Å². The summed E-state index contributed by atoms with van der Waals surface area (Å²) in [5.74, 6) is -0.419. The number of nitrogens with zero attached hydrogens (tertiary/aromatic N) is 1. The molecule has 2 aromatic rings. The first-order valence-corrected chi connectivity index (χ1v) is 8.05. The van der Waals surface area contributed by atoms with Gasteiger partial charge in [-0.25, -0.2) is 8.78 Å². The van der Waals surface area contributed by atoms with Gasteiger partial charge in [0.2, 0.25) is 0 Å². The average Bonchev–Trinajstić information content (AvgIpc) is 2.56. The maximum Gasteiger partial charge on any atom is 0.146 e. The fraction of sp³-hybridized carbons (Fsp3) is 0.368. The molecule has 0 saturated carbocycles. The summed E-state index contributed by atoms with van der Waals surface area (Å²) in [4.78, 5) is 1.96. The van der Waals surface area contributed by atoms with Crippen LogP contribution < -0.4 is 10.2 Å². The highest BCUT2D eigenvalue weighted by molar-refractivity contribution is 5.49. The molecule has 0 bridgehead atoms. The number of nitrogens with one attached hydrogen (secondary N) is 1. The molecule has 1 N–H and O–H groups in total. The summed E-state index contributed by atoms with van der Waals surface area (Å²) >= 11 is 0. The molecule has 0 saturated heterocycles. The second-order valence-corrected chi connectivity index (χ2v) is 5.79. The molecule has 23 heavy (non-hydrogen) atoms. The summed E-state index contributed by atoms with van der Waals surface area (Å²) in [6.07, 6.45) is 2.13. The minimum Gasteiger partial charge on any atom is -0.372 e. The van der Waals surface area contributed by atoms with Crippen LogP contribution in [0.4, 0.5) is 14.5 Å². The second kappa shape index (κ2) is 8.63. The smallest absolute Gasteiger partial charge is 0.146 e. The van der Waals surface area contributed by atoms with E-state index in [1.54, 1.807) is 18.2 Å². The summed E-state index contributed by atoms with van der Waals surface area (Å²) < 4.78 is 26.8. The number of unbranched alkanes of at least 4 members (excludes halogenated alkanes) is 1. The molecule has 0 amide bonds. The van der Waals surface area contributed by atoms with Gasteiger partial charge in [0.25, 0.3) is 0 Å². The Hall–Kier alpha value is -1.94. The van der Waals surface area contributed by atoms with Gasteiger partial charge < -0.3 is 10.2 Å². The zero-order valence-corrected chi connectivity index (χ0v) is 13.8. The molecule has 2 aromatic carbocycles. The molecule has 0 aliphatic rings. The minimum absolute atomic E-state index is 0.189. The third-order valence-electron chi connectivity index (χ3n) is 3.84. The van der Waals surface area contributed by atoms with Crippen LogP contribution in [0, 0.1) is 11.6 Å². The van der Waals surface area contributed by atoms with Gasteiger partial charge in [0, 0.05) is 26.7 Å². The Morgan fingerprint density at radius 1 is 0.957 bits per heavy atom. The van der Waals surface area contributed by atoms with Gasteiger partial charge in [-0.1, -0.05) is 31.5 Å². The number of anilines is 1. The van der Waals surface area contributed by atoms with Crippen LogP contribution >= 0.6 is 0 Å². The monoisotopic (exact) mass is 318 g/mol. The Morgan fingerprint density at radius 2 is 1.61 bits per heavy atom. The lowest BCUT2D eigenvalue weighted by Crippen LogP contribution is -2.20. The second-order valence-electron chi connectivity index (χ2n) is 5.79.